The molecule has 62 valence electrons. The van der Waals surface area contributed by atoms with Crippen LogP contribution in [-0.2, 0) is 0 Å². The van der Waals surface area contributed by atoms with E-state index >= 15 is 0 Å². The van der Waals surface area contributed by atoms with Crippen molar-refractivity contribution in [2.75, 3.05) is 0 Å². The number of imidazole rings is 1. The molecule has 2 rings (SSSR count). The van der Waals surface area contributed by atoms with Crippen LogP contribution in [-0.4, -0.2) is 9.38 Å². The lowest BCUT2D eigenvalue weighted by Gasteiger charge is -2.01. The number of fused-ring (bicyclic) bond motifs is 1. The van der Waals surface area contributed by atoms with Crippen LogP contribution in [0, 0.1) is 12.7 Å². The topological polar surface area (TPSA) is 17.3 Å². The van der Waals surface area contributed by atoms with Gasteiger partial charge in [-0.25, -0.2) is 9.37 Å². The molecule has 0 unspecified atom stereocenters. The predicted octanol–water partition coefficient (Wildman–Crippen LogP) is 2.54. The highest BCUT2D eigenvalue weighted by Crippen LogP contribution is 2.20. The van der Waals surface area contributed by atoms with E-state index in [0.717, 1.165) is 5.65 Å². The third kappa shape index (κ3) is 0.948. The molecule has 2 aromatic rings. The fourth-order valence-corrected chi connectivity index (χ4v) is 1.73. The van der Waals surface area contributed by atoms with Crippen LogP contribution < -0.4 is 0 Å². The van der Waals surface area contributed by atoms with Gasteiger partial charge in [-0.05, 0) is 34.5 Å². The number of rotatable bonds is 0. The fraction of sp³-hybridized carbons (Fsp3) is 0.125. The van der Waals surface area contributed by atoms with Gasteiger partial charge in [-0.1, -0.05) is 0 Å². The molecule has 0 aliphatic rings. The van der Waals surface area contributed by atoms with Gasteiger partial charge in [0.15, 0.2) is 5.82 Å². The SMILES string of the molecule is Cc1cc2nccn2c(Br)c1F. The Balaban J connectivity index is 2.94. The lowest BCUT2D eigenvalue weighted by molar-refractivity contribution is 0.601. The monoisotopic (exact) mass is 228 g/mol. The molecule has 0 atom stereocenters. The maximum absolute atomic E-state index is 13.2. The molecule has 0 spiro atoms. The quantitative estimate of drug-likeness (QED) is 0.634. The van der Waals surface area contributed by atoms with E-state index in [-0.39, 0.29) is 5.82 Å². The molecule has 0 radical (unpaired) electrons. The van der Waals surface area contributed by atoms with E-state index in [0.29, 0.717) is 10.2 Å². The van der Waals surface area contributed by atoms with E-state index in [1.807, 2.05) is 0 Å². The molecule has 0 saturated carbocycles. The summed E-state index contributed by atoms with van der Waals surface area (Å²) < 4.78 is 15.3. The Hall–Kier alpha value is -0.900. The third-order valence-electron chi connectivity index (χ3n) is 1.75. The number of aryl methyl sites for hydroxylation is 1. The van der Waals surface area contributed by atoms with Crippen LogP contribution in [0.3, 0.4) is 0 Å². The zero-order valence-electron chi connectivity index (χ0n) is 6.38. The Morgan fingerprint density at radius 1 is 1.58 bits per heavy atom. The van der Waals surface area contributed by atoms with E-state index in [2.05, 4.69) is 20.9 Å². The summed E-state index contributed by atoms with van der Waals surface area (Å²) in [5, 5.41) is 0. The highest BCUT2D eigenvalue weighted by atomic mass is 79.9. The molecule has 2 aromatic heterocycles. The van der Waals surface area contributed by atoms with Crippen LogP contribution in [0.1, 0.15) is 5.56 Å². The van der Waals surface area contributed by atoms with Gasteiger partial charge in [-0.3, -0.25) is 4.40 Å². The molecule has 12 heavy (non-hydrogen) atoms. The molecule has 2 nitrogen and oxygen atoms in total. The fourth-order valence-electron chi connectivity index (χ4n) is 1.11. The van der Waals surface area contributed by atoms with Crippen molar-refractivity contribution in [3.63, 3.8) is 0 Å². The van der Waals surface area contributed by atoms with E-state index in [9.17, 15) is 4.39 Å². The standard InChI is InChI=1S/C8H6BrFN2/c1-5-4-6-11-2-3-12(6)8(9)7(5)10/h2-4H,1H3. The maximum atomic E-state index is 13.2. The second-order valence-electron chi connectivity index (χ2n) is 2.59. The predicted molar refractivity (Wildman–Crippen MR) is 47.6 cm³/mol. The summed E-state index contributed by atoms with van der Waals surface area (Å²) in [6.07, 6.45) is 3.35. The highest BCUT2D eigenvalue weighted by Gasteiger charge is 2.07. The second kappa shape index (κ2) is 2.55. The average Bonchev–Trinajstić information content (AvgIpc) is 2.48. The van der Waals surface area contributed by atoms with Crippen LogP contribution in [0.4, 0.5) is 4.39 Å². The van der Waals surface area contributed by atoms with E-state index in [1.54, 1.807) is 29.8 Å². The van der Waals surface area contributed by atoms with Crippen molar-refractivity contribution in [3.05, 3.63) is 34.4 Å². The Kier molecular flexibility index (Phi) is 1.65. The first-order valence-electron chi connectivity index (χ1n) is 3.48. The molecular formula is C8H6BrFN2. The normalized spacial score (nSPS) is 10.9. The van der Waals surface area contributed by atoms with Gasteiger partial charge in [-0.2, -0.15) is 0 Å². The molecule has 0 fully saturated rings. The molecule has 0 amide bonds. The van der Waals surface area contributed by atoms with Gasteiger partial charge in [0.2, 0.25) is 0 Å². The van der Waals surface area contributed by atoms with Gasteiger partial charge in [0.1, 0.15) is 10.3 Å². The van der Waals surface area contributed by atoms with Gasteiger partial charge in [0.25, 0.3) is 0 Å². The minimum atomic E-state index is -0.236. The number of pyridine rings is 1. The smallest absolute Gasteiger partial charge is 0.157 e. The summed E-state index contributed by atoms with van der Waals surface area (Å²) in [6, 6.07) is 1.71. The summed E-state index contributed by atoms with van der Waals surface area (Å²) in [5.74, 6) is -0.236. The Morgan fingerprint density at radius 3 is 3.08 bits per heavy atom. The van der Waals surface area contributed by atoms with Crippen molar-refractivity contribution in [2.24, 2.45) is 0 Å². The number of nitrogens with zero attached hydrogens (tertiary/aromatic N) is 2. The third-order valence-corrected chi connectivity index (χ3v) is 2.48. The molecule has 2 heterocycles. The van der Waals surface area contributed by atoms with Gasteiger partial charge in [0, 0.05) is 12.4 Å². The molecule has 0 aliphatic carbocycles. The lowest BCUT2D eigenvalue weighted by Crippen LogP contribution is -1.93. The summed E-state index contributed by atoms with van der Waals surface area (Å²) in [5.41, 5.74) is 1.35. The number of hydrogen-bond acceptors (Lipinski definition) is 1. The Bertz CT molecular complexity index is 436. The van der Waals surface area contributed by atoms with Gasteiger partial charge in [-0.15, -0.1) is 0 Å². The van der Waals surface area contributed by atoms with Crippen LogP contribution in [0.2, 0.25) is 0 Å². The summed E-state index contributed by atoms with van der Waals surface area (Å²) in [4.78, 5) is 4.05. The molecule has 0 saturated heterocycles. The van der Waals surface area contributed by atoms with E-state index < -0.39 is 0 Å². The largest absolute Gasteiger partial charge is 0.291 e. The van der Waals surface area contributed by atoms with E-state index in [1.165, 1.54) is 0 Å². The summed E-state index contributed by atoms with van der Waals surface area (Å²) in [7, 11) is 0. The van der Waals surface area contributed by atoms with E-state index in [4.69, 9.17) is 0 Å². The van der Waals surface area contributed by atoms with Crippen molar-refractivity contribution < 1.29 is 4.39 Å². The van der Waals surface area contributed by atoms with Gasteiger partial charge in [0.05, 0.1) is 0 Å². The van der Waals surface area contributed by atoms with Crippen LogP contribution in [0.5, 0.6) is 0 Å². The molecule has 0 aromatic carbocycles. The average molecular weight is 229 g/mol. The Labute approximate surface area is 77.2 Å². The first kappa shape index (κ1) is 7.73. The summed E-state index contributed by atoms with van der Waals surface area (Å²) in [6.45, 7) is 1.72. The number of halogens is 2. The zero-order valence-corrected chi connectivity index (χ0v) is 7.97. The maximum Gasteiger partial charge on any atom is 0.157 e. The molecule has 0 aliphatic heterocycles. The molecular weight excluding hydrogens is 223 g/mol. The first-order valence-corrected chi connectivity index (χ1v) is 4.27. The number of aromatic nitrogens is 2. The van der Waals surface area contributed by atoms with Crippen molar-refractivity contribution in [1.82, 2.24) is 9.38 Å². The molecule has 0 N–H and O–H groups in total. The van der Waals surface area contributed by atoms with Gasteiger partial charge < -0.3 is 0 Å². The van der Waals surface area contributed by atoms with Crippen LogP contribution >= 0.6 is 15.9 Å². The first-order chi connectivity index (χ1) is 5.70. The van der Waals surface area contributed by atoms with Crippen molar-refractivity contribution in [1.29, 1.82) is 0 Å². The summed E-state index contributed by atoms with van der Waals surface area (Å²) >= 11 is 3.16. The Morgan fingerprint density at radius 2 is 2.33 bits per heavy atom. The minimum Gasteiger partial charge on any atom is -0.291 e. The van der Waals surface area contributed by atoms with Gasteiger partial charge >= 0.3 is 0 Å². The molecule has 4 heteroatoms. The molecule has 0 bridgehead atoms. The highest BCUT2D eigenvalue weighted by molar-refractivity contribution is 9.10. The number of hydrogen-bond donors (Lipinski definition) is 0. The minimum absolute atomic E-state index is 0.236. The lowest BCUT2D eigenvalue weighted by atomic mass is 10.3. The zero-order chi connectivity index (χ0) is 8.72. The van der Waals surface area contributed by atoms with Crippen LogP contribution in [0.15, 0.2) is 23.1 Å². The second-order valence-corrected chi connectivity index (χ2v) is 3.34. The van der Waals surface area contributed by atoms with Crippen molar-refractivity contribution in [3.8, 4) is 0 Å². The van der Waals surface area contributed by atoms with Crippen LogP contribution in [0.25, 0.3) is 5.65 Å². The van der Waals surface area contributed by atoms with Crippen molar-refractivity contribution in [2.45, 2.75) is 6.92 Å². The van der Waals surface area contributed by atoms with Crippen molar-refractivity contribution >= 4 is 21.6 Å².